The molecule has 0 bridgehead atoms. The lowest BCUT2D eigenvalue weighted by atomic mass is 9.63. The van der Waals surface area contributed by atoms with E-state index in [2.05, 4.69) is 115 Å². The van der Waals surface area contributed by atoms with Crippen LogP contribution in [-0.2, 0) is 5.41 Å². The number of ether oxygens (including phenoxy) is 1. The molecule has 0 radical (unpaired) electrons. The molecule has 7 aromatic carbocycles. The molecule has 1 aliphatic heterocycles. The van der Waals surface area contributed by atoms with Gasteiger partial charge in [0.1, 0.15) is 11.5 Å². The minimum atomic E-state index is -0.616. The Labute approximate surface area is 302 Å². The highest BCUT2D eigenvalue weighted by molar-refractivity contribution is 5.81. The summed E-state index contributed by atoms with van der Waals surface area (Å²) in [5, 5.41) is 9.37. The zero-order chi connectivity index (χ0) is 34.9. The van der Waals surface area contributed by atoms with Gasteiger partial charge in [0.25, 0.3) is 0 Å². The number of para-hydroxylation sites is 2. The molecule has 0 unspecified atom stereocenters. The minimum Gasteiger partial charge on any atom is -0.456 e. The van der Waals surface area contributed by atoms with Gasteiger partial charge in [0.15, 0.2) is 17.5 Å². The van der Waals surface area contributed by atoms with Crippen LogP contribution in [-0.4, -0.2) is 15.0 Å². The number of aromatic nitrogens is 3. The van der Waals surface area contributed by atoms with Crippen molar-refractivity contribution in [1.82, 2.24) is 15.0 Å². The molecule has 1 aliphatic rings. The first-order valence-corrected chi connectivity index (χ1v) is 17.2. The van der Waals surface area contributed by atoms with Crippen molar-refractivity contribution in [2.75, 3.05) is 0 Å². The second-order valence-corrected chi connectivity index (χ2v) is 12.7. The fourth-order valence-corrected chi connectivity index (χ4v) is 7.33. The number of benzene rings is 7. The van der Waals surface area contributed by atoms with E-state index >= 15 is 0 Å². The summed E-state index contributed by atoms with van der Waals surface area (Å²) in [5.41, 5.74) is 8.94. The van der Waals surface area contributed by atoms with Gasteiger partial charge in [-0.3, -0.25) is 0 Å². The lowest BCUT2D eigenvalue weighted by Gasteiger charge is -2.42. The molecule has 0 aliphatic carbocycles. The van der Waals surface area contributed by atoms with Crippen molar-refractivity contribution in [3.05, 3.63) is 210 Å². The maximum Gasteiger partial charge on any atom is 0.164 e. The van der Waals surface area contributed by atoms with Crippen LogP contribution in [0.25, 0.3) is 45.3 Å². The summed E-state index contributed by atoms with van der Waals surface area (Å²) in [6, 6.07) is 63.9. The minimum absolute atomic E-state index is 0.534. The predicted molar refractivity (Wildman–Crippen MR) is 205 cm³/mol. The van der Waals surface area contributed by atoms with E-state index in [4.69, 9.17) is 19.7 Å². The van der Waals surface area contributed by atoms with Crippen LogP contribution in [0.4, 0.5) is 0 Å². The first-order chi connectivity index (χ1) is 25.7. The number of rotatable bonds is 6. The molecule has 8 aromatic rings. The van der Waals surface area contributed by atoms with Crippen LogP contribution >= 0.6 is 0 Å². The third-order valence-corrected chi connectivity index (χ3v) is 9.71. The van der Waals surface area contributed by atoms with E-state index in [1.165, 1.54) is 0 Å². The van der Waals surface area contributed by atoms with Crippen molar-refractivity contribution in [2.24, 2.45) is 0 Å². The molecule has 0 saturated carbocycles. The van der Waals surface area contributed by atoms with E-state index in [0.717, 1.165) is 61.6 Å². The first kappa shape index (κ1) is 30.9. The topological polar surface area (TPSA) is 71.7 Å². The van der Waals surface area contributed by atoms with Gasteiger partial charge in [-0.15, -0.1) is 0 Å². The highest BCUT2D eigenvalue weighted by Gasteiger charge is 2.45. The lowest BCUT2D eigenvalue weighted by molar-refractivity contribution is 0.436. The van der Waals surface area contributed by atoms with Crippen LogP contribution < -0.4 is 4.74 Å². The summed E-state index contributed by atoms with van der Waals surface area (Å²) >= 11 is 0. The second kappa shape index (κ2) is 12.9. The van der Waals surface area contributed by atoms with E-state index in [9.17, 15) is 5.26 Å². The largest absolute Gasteiger partial charge is 0.456 e. The van der Waals surface area contributed by atoms with Crippen molar-refractivity contribution in [1.29, 1.82) is 5.26 Å². The third-order valence-electron chi connectivity index (χ3n) is 9.71. The van der Waals surface area contributed by atoms with Gasteiger partial charge in [-0.1, -0.05) is 146 Å². The molecule has 0 fully saturated rings. The fraction of sp³-hybridized carbons (Fsp3) is 0.0213. The summed E-state index contributed by atoms with van der Waals surface area (Å²) in [7, 11) is 0. The molecule has 0 saturated heterocycles. The Balaban J connectivity index is 1.24. The van der Waals surface area contributed by atoms with Gasteiger partial charge in [0.05, 0.1) is 17.0 Å². The Kier molecular flexibility index (Phi) is 7.68. The highest BCUT2D eigenvalue weighted by atomic mass is 16.5. The molecular weight excluding hydrogens is 637 g/mol. The highest BCUT2D eigenvalue weighted by Crippen LogP contribution is 2.57. The summed E-state index contributed by atoms with van der Waals surface area (Å²) in [6.07, 6.45) is 0. The van der Waals surface area contributed by atoms with Crippen LogP contribution in [0.5, 0.6) is 11.5 Å². The monoisotopic (exact) mass is 666 g/mol. The summed E-state index contributed by atoms with van der Waals surface area (Å²) in [5.74, 6) is 3.29. The molecule has 2 heterocycles. The molecule has 244 valence electrons. The summed E-state index contributed by atoms with van der Waals surface area (Å²) in [4.78, 5) is 14.8. The van der Waals surface area contributed by atoms with Crippen LogP contribution in [0.2, 0.25) is 0 Å². The number of hydrogen-bond acceptors (Lipinski definition) is 5. The van der Waals surface area contributed by atoms with Gasteiger partial charge in [-0.2, -0.15) is 5.26 Å². The third kappa shape index (κ3) is 5.22. The number of fused-ring (bicyclic) bond motifs is 2. The SMILES string of the molecule is N#Cc1ccc(-c2nc(-c3ccccc3)nc(-c3cccc(-c4cccc5c4Oc4ccccc4C5(c4ccccc4)c4ccccc4)c3)n2)cc1. The molecule has 1 aromatic heterocycles. The van der Waals surface area contributed by atoms with Crippen LogP contribution in [0.1, 0.15) is 27.8 Å². The van der Waals surface area contributed by atoms with E-state index in [0.29, 0.717) is 23.0 Å². The predicted octanol–water partition coefficient (Wildman–Crippen LogP) is 10.9. The Morgan fingerprint density at radius 2 is 0.942 bits per heavy atom. The van der Waals surface area contributed by atoms with Crippen molar-refractivity contribution < 1.29 is 4.74 Å². The molecule has 0 N–H and O–H groups in total. The van der Waals surface area contributed by atoms with Gasteiger partial charge in [-0.05, 0) is 53.1 Å². The standard InChI is InChI=1S/C47H30N4O/c48-31-32-26-28-34(29-27-32)45-49-44(33-14-4-1-5-15-33)50-46(51-45)36-17-12-16-35(30-36)39-22-13-24-41-43(39)52-42-25-11-10-23-40(42)47(41,37-18-6-2-7-19-37)38-20-8-3-9-21-38/h1-30H. The Morgan fingerprint density at radius 1 is 0.442 bits per heavy atom. The number of nitriles is 1. The normalized spacial score (nSPS) is 12.5. The Hall–Kier alpha value is -7.16. The molecule has 5 heteroatoms. The molecule has 0 spiro atoms. The number of hydrogen-bond donors (Lipinski definition) is 0. The Morgan fingerprint density at radius 3 is 1.60 bits per heavy atom. The zero-order valence-corrected chi connectivity index (χ0v) is 28.0. The van der Waals surface area contributed by atoms with Gasteiger partial charge >= 0.3 is 0 Å². The lowest BCUT2D eigenvalue weighted by Crippen LogP contribution is -2.34. The van der Waals surface area contributed by atoms with Crippen LogP contribution in [0.3, 0.4) is 0 Å². The summed E-state index contributed by atoms with van der Waals surface area (Å²) in [6.45, 7) is 0. The Bertz CT molecular complexity index is 2560. The van der Waals surface area contributed by atoms with Crippen LogP contribution in [0, 0.1) is 11.3 Å². The maximum atomic E-state index is 9.37. The van der Waals surface area contributed by atoms with Crippen molar-refractivity contribution >= 4 is 0 Å². The van der Waals surface area contributed by atoms with E-state index in [1.807, 2.05) is 60.7 Å². The summed E-state index contributed by atoms with van der Waals surface area (Å²) < 4.78 is 6.92. The van der Waals surface area contributed by atoms with Crippen molar-refractivity contribution in [2.45, 2.75) is 5.41 Å². The smallest absolute Gasteiger partial charge is 0.164 e. The molecule has 9 rings (SSSR count). The maximum absolute atomic E-state index is 9.37. The van der Waals surface area contributed by atoms with Gasteiger partial charge < -0.3 is 4.74 Å². The second-order valence-electron chi connectivity index (χ2n) is 12.7. The molecule has 5 nitrogen and oxygen atoms in total. The van der Waals surface area contributed by atoms with Crippen LogP contribution in [0.15, 0.2) is 182 Å². The van der Waals surface area contributed by atoms with Gasteiger partial charge in [0, 0.05) is 33.4 Å². The van der Waals surface area contributed by atoms with E-state index in [1.54, 1.807) is 12.1 Å². The molecular formula is C47H30N4O. The number of nitrogens with zero attached hydrogens (tertiary/aromatic N) is 4. The van der Waals surface area contributed by atoms with E-state index in [-0.39, 0.29) is 0 Å². The first-order valence-electron chi connectivity index (χ1n) is 17.2. The quantitative estimate of drug-likeness (QED) is 0.177. The molecule has 0 atom stereocenters. The molecule has 0 amide bonds. The average molecular weight is 667 g/mol. The molecule has 52 heavy (non-hydrogen) atoms. The average Bonchev–Trinajstić information content (AvgIpc) is 3.23. The zero-order valence-electron chi connectivity index (χ0n) is 28.0. The fourth-order valence-electron chi connectivity index (χ4n) is 7.33. The van der Waals surface area contributed by atoms with Crippen molar-refractivity contribution in [3.63, 3.8) is 0 Å². The van der Waals surface area contributed by atoms with Gasteiger partial charge in [0.2, 0.25) is 0 Å². The van der Waals surface area contributed by atoms with E-state index < -0.39 is 5.41 Å². The van der Waals surface area contributed by atoms with Crippen molar-refractivity contribution in [3.8, 4) is 62.9 Å². The van der Waals surface area contributed by atoms with Gasteiger partial charge in [-0.25, -0.2) is 15.0 Å².